The summed E-state index contributed by atoms with van der Waals surface area (Å²) in [6, 6.07) is -0.597. The van der Waals surface area contributed by atoms with E-state index in [0.717, 1.165) is 32.1 Å². The number of esters is 1. The van der Waals surface area contributed by atoms with Crippen LogP contribution in [0.25, 0.3) is 0 Å². The van der Waals surface area contributed by atoms with Crippen molar-refractivity contribution in [3.05, 3.63) is 0 Å². The molecule has 1 atom stereocenters. The third kappa shape index (κ3) is 9.33. The average molecular weight is 273 g/mol. The van der Waals surface area contributed by atoms with Crippen LogP contribution in [-0.2, 0) is 14.3 Å². The van der Waals surface area contributed by atoms with Crippen LogP contribution in [0.5, 0.6) is 0 Å². The minimum atomic E-state index is -0.597. The number of nitrogens with one attached hydrogen (secondary N) is 1. The van der Waals surface area contributed by atoms with E-state index in [0.29, 0.717) is 13.0 Å². The standard InChI is InChI=1S/C14H27NO4/c1-4-7-9-11-19-13(16)12(10-8-5-2)15-14(17)18-6-3/h12H,4-11H2,1-3H3,(H,15,17). The Morgan fingerprint density at radius 2 is 1.68 bits per heavy atom. The van der Waals surface area contributed by atoms with Gasteiger partial charge in [0.15, 0.2) is 0 Å². The van der Waals surface area contributed by atoms with E-state index in [2.05, 4.69) is 12.2 Å². The molecule has 0 bridgehead atoms. The fourth-order valence-electron chi connectivity index (χ4n) is 1.60. The minimum Gasteiger partial charge on any atom is -0.464 e. The second kappa shape index (κ2) is 11.8. The molecule has 5 heteroatoms. The zero-order valence-electron chi connectivity index (χ0n) is 12.4. The lowest BCUT2D eigenvalue weighted by Crippen LogP contribution is -2.42. The molecule has 0 aliphatic rings. The Morgan fingerprint density at radius 1 is 1.00 bits per heavy atom. The monoisotopic (exact) mass is 273 g/mol. The number of amides is 1. The Balaban J connectivity index is 4.14. The van der Waals surface area contributed by atoms with Crippen molar-refractivity contribution in [3.63, 3.8) is 0 Å². The fourth-order valence-corrected chi connectivity index (χ4v) is 1.60. The van der Waals surface area contributed by atoms with Crippen molar-refractivity contribution >= 4 is 12.1 Å². The highest BCUT2D eigenvalue weighted by Gasteiger charge is 2.22. The highest BCUT2D eigenvalue weighted by molar-refractivity contribution is 5.81. The molecule has 0 saturated heterocycles. The molecular weight excluding hydrogens is 246 g/mol. The van der Waals surface area contributed by atoms with Gasteiger partial charge >= 0.3 is 12.1 Å². The second-order valence-electron chi connectivity index (χ2n) is 4.43. The van der Waals surface area contributed by atoms with Crippen LogP contribution in [0.3, 0.4) is 0 Å². The average Bonchev–Trinajstić information content (AvgIpc) is 2.39. The van der Waals surface area contributed by atoms with E-state index in [-0.39, 0.29) is 12.6 Å². The molecule has 0 saturated carbocycles. The highest BCUT2D eigenvalue weighted by atomic mass is 16.6. The smallest absolute Gasteiger partial charge is 0.407 e. The van der Waals surface area contributed by atoms with Gasteiger partial charge in [-0.3, -0.25) is 0 Å². The number of unbranched alkanes of at least 4 members (excludes halogenated alkanes) is 3. The second-order valence-corrected chi connectivity index (χ2v) is 4.43. The van der Waals surface area contributed by atoms with Crippen LogP contribution in [0, 0.1) is 0 Å². The summed E-state index contributed by atoms with van der Waals surface area (Å²) >= 11 is 0. The van der Waals surface area contributed by atoms with Gasteiger partial charge in [-0.2, -0.15) is 0 Å². The Labute approximate surface area is 116 Å². The zero-order chi connectivity index (χ0) is 14.5. The number of rotatable bonds is 10. The zero-order valence-corrected chi connectivity index (χ0v) is 12.4. The molecule has 1 N–H and O–H groups in total. The lowest BCUT2D eigenvalue weighted by Gasteiger charge is -2.17. The van der Waals surface area contributed by atoms with E-state index in [1.807, 2.05) is 6.92 Å². The largest absolute Gasteiger partial charge is 0.464 e. The van der Waals surface area contributed by atoms with Gasteiger partial charge in [0.25, 0.3) is 0 Å². The Morgan fingerprint density at radius 3 is 2.26 bits per heavy atom. The Kier molecular flexibility index (Phi) is 11.0. The maximum Gasteiger partial charge on any atom is 0.407 e. The van der Waals surface area contributed by atoms with Crippen molar-refractivity contribution in [1.29, 1.82) is 0 Å². The number of carbonyl (C=O) groups excluding carboxylic acids is 2. The molecule has 0 rings (SSSR count). The molecule has 0 spiro atoms. The lowest BCUT2D eigenvalue weighted by atomic mass is 10.1. The summed E-state index contributed by atoms with van der Waals surface area (Å²) in [5, 5.41) is 2.56. The molecule has 5 nitrogen and oxygen atoms in total. The first-order valence-electron chi connectivity index (χ1n) is 7.25. The summed E-state index contributed by atoms with van der Waals surface area (Å²) in [6.45, 7) is 6.56. The molecule has 1 unspecified atom stereocenters. The molecule has 0 aliphatic heterocycles. The first-order valence-corrected chi connectivity index (χ1v) is 7.25. The number of alkyl carbamates (subject to hydrolysis) is 1. The van der Waals surface area contributed by atoms with Gasteiger partial charge in [-0.1, -0.05) is 39.5 Å². The first kappa shape index (κ1) is 17.7. The van der Waals surface area contributed by atoms with Gasteiger partial charge in [0.2, 0.25) is 0 Å². The van der Waals surface area contributed by atoms with Gasteiger partial charge in [-0.05, 0) is 19.8 Å². The van der Waals surface area contributed by atoms with Gasteiger partial charge in [0.1, 0.15) is 6.04 Å². The van der Waals surface area contributed by atoms with Crippen LogP contribution in [-0.4, -0.2) is 31.3 Å². The predicted molar refractivity (Wildman–Crippen MR) is 74.0 cm³/mol. The van der Waals surface area contributed by atoms with Crippen LogP contribution in [0.1, 0.15) is 59.3 Å². The number of hydrogen-bond acceptors (Lipinski definition) is 4. The van der Waals surface area contributed by atoms with Crippen LogP contribution in [0.2, 0.25) is 0 Å². The quantitative estimate of drug-likeness (QED) is 0.491. The molecule has 0 aromatic rings. The molecular formula is C14H27NO4. The lowest BCUT2D eigenvalue weighted by molar-refractivity contribution is -0.146. The van der Waals surface area contributed by atoms with Crippen LogP contribution in [0.15, 0.2) is 0 Å². The van der Waals surface area contributed by atoms with Crippen LogP contribution < -0.4 is 5.32 Å². The summed E-state index contributed by atoms with van der Waals surface area (Å²) < 4.78 is 9.96. The van der Waals surface area contributed by atoms with Gasteiger partial charge in [0.05, 0.1) is 13.2 Å². The van der Waals surface area contributed by atoms with Crippen molar-refractivity contribution in [2.75, 3.05) is 13.2 Å². The maximum absolute atomic E-state index is 11.9. The molecule has 0 radical (unpaired) electrons. The summed E-state index contributed by atoms with van der Waals surface area (Å²) in [5.74, 6) is -0.363. The van der Waals surface area contributed by atoms with E-state index in [9.17, 15) is 9.59 Å². The summed E-state index contributed by atoms with van der Waals surface area (Å²) in [5.41, 5.74) is 0. The van der Waals surface area contributed by atoms with Crippen LogP contribution in [0.4, 0.5) is 4.79 Å². The third-order valence-electron chi connectivity index (χ3n) is 2.69. The van der Waals surface area contributed by atoms with E-state index >= 15 is 0 Å². The predicted octanol–water partition coefficient (Wildman–Crippen LogP) is 3.02. The van der Waals surface area contributed by atoms with E-state index in [1.54, 1.807) is 6.92 Å². The van der Waals surface area contributed by atoms with Gasteiger partial charge < -0.3 is 14.8 Å². The SMILES string of the molecule is CCCCCOC(=O)C(CCCC)NC(=O)OCC. The number of ether oxygens (including phenoxy) is 2. The molecule has 1 amide bonds. The number of hydrogen-bond donors (Lipinski definition) is 1. The van der Waals surface area contributed by atoms with Crippen molar-refractivity contribution in [2.45, 2.75) is 65.3 Å². The molecule has 19 heavy (non-hydrogen) atoms. The molecule has 0 aliphatic carbocycles. The fraction of sp³-hybridized carbons (Fsp3) is 0.857. The summed E-state index contributed by atoms with van der Waals surface area (Å²) in [7, 11) is 0. The first-order chi connectivity index (χ1) is 9.15. The summed E-state index contributed by atoms with van der Waals surface area (Å²) in [4.78, 5) is 23.2. The molecule has 112 valence electrons. The maximum atomic E-state index is 11.9. The normalized spacial score (nSPS) is 11.7. The Hall–Kier alpha value is -1.26. The van der Waals surface area contributed by atoms with E-state index in [1.165, 1.54) is 0 Å². The van der Waals surface area contributed by atoms with E-state index in [4.69, 9.17) is 9.47 Å². The molecule has 0 heterocycles. The summed E-state index contributed by atoms with van der Waals surface area (Å²) in [6.07, 6.45) is 4.83. The van der Waals surface area contributed by atoms with Crippen molar-refractivity contribution in [2.24, 2.45) is 0 Å². The van der Waals surface area contributed by atoms with Crippen LogP contribution >= 0.6 is 0 Å². The van der Waals surface area contributed by atoms with Gasteiger partial charge in [-0.15, -0.1) is 0 Å². The molecule has 0 aromatic carbocycles. The van der Waals surface area contributed by atoms with E-state index < -0.39 is 12.1 Å². The number of carbonyl (C=O) groups is 2. The van der Waals surface area contributed by atoms with Crippen molar-refractivity contribution in [1.82, 2.24) is 5.32 Å². The third-order valence-corrected chi connectivity index (χ3v) is 2.69. The topological polar surface area (TPSA) is 64.6 Å². The minimum absolute atomic E-state index is 0.290. The van der Waals surface area contributed by atoms with Crippen molar-refractivity contribution < 1.29 is 19.1 Å². The van der Waals surface area contributed by atoms with Gasteiger partial charge in [0, 0.05) is 0 Å². The van der Waals surface area contributed by atoms with Crippen molar-refractivity contribution in [3.8, 4) is 0 Å². The molecule has 0 aromatic heterocycles. The van der Waals surface area contributed by atoms with Gasteiger partial charge in [-0.25, -0.2) is 9.59 Å². The Bertz CT molecular complexity index is 256. The highest BCUT2D eigenvalue weighted by Crippen LogP contribution is 2.04. The molecule has 0 fully saturated rings.